The smallest absolute Gasteiger partial charge is 0.242 e. The molecule has 0 unspecified atom stereocenters. The molecule has 1 saturated heterocycles. The fourth-order valence-electron chi connectivity index (χ4n) is 3.68. The van der Waals surface area contributed by atoms with E-state index in [2.05, 4.69) is 46.6 Å². The molecule has 2 aliphatic rings. The number of carbonyl (C=O) groups excluding carboxylic acids is 1. The van der Waals surface area contributed by atoms with Gasteiger partial charge in [-0.2, -0.15) is 0 Å². The van der Waals surface area contributed by atoms with Gasteiger partial charge in [-0.3, -0.25) is 4.79 Å². The fraction of sp³-hybridized carbons (Fsp3) is 0.333. The van der Waals surface area contributed by atoms with Crippen LogP contribution in [0.2, 0.25) is 0 Å². The third-order valence-electron chi connectivity index (χ3n) is 5.02. The van der Waals surface area contributed by atoms with Gasteiger partial charge < -0.3 is 10.2 Å². The van der Waals surface area contributed by atoms with Gasteiger partial charge >= 0.3 is 0 Å². The van der Waals surface area contributed by atoms with E-state index in [4.69, 9.17) is 4.99 Å². The normalized spacial score (nSPS) is 18.3. The number of nitrogens with zero attached hydrogens (tertiary/aromatic N) is 2. The molecule has 25 heavy (non-hydrogen) atoms. The summed E-state index contributed by atoms with van der Waals surface area (Å²) in [5.41, 5.74) is 3.58. The van der Waals surface area contributed by atoms with Crippen LogP contribution in [0, 0.1) is 0 Å². The molecule has 0 aromatic heterocycles. The van der Waals surface area contributed by atoms with Gasteiger partial charge in [0, 0.05) is 19.5 Å². The molecule has 1 fully saturated rings. The van der Waals surface area contributed by atoms with Crippen LogP contribution in [0.5, 0.6) is 0 Å². The van der Waals surface area contributed by atoms with Gasteiger partial charge in [-0.25, -0.2) is 4.99 Å². The van der Waals surface area contributed by atoms with Crippen LogP contribution in [0.15, 0.2) is 59.6 Å². The van der Waals surface area contributed by atoms with Crippen molar-refractivity contribution < 1.29 is 4.79 Å². The van der Waals surface area contributed by atoms with E-state index < -0.39 is 0 Å². The third kappa shape index (κ3) is 3.43. The number of hydrogen-bond acceptors (Lipinski definition) is 3. The van der Waals surface area contributed by atoms with Crippen LogP contribution < -0.4 is 5.32 Å². The van der Waals surface area contributed by atoms with E-state index in [9.17, 15) is 4.79 Å². The Balaban J connectivity index is 1.31. The molecular weight excluding hydrogens is 310 g/mol. The van der Waals surface area contributed by atoms with E-state index in [0.717, 1.165) is 50.3 Å². The molecule has 4 rings (SSSR count). The molecule has 4 heteroatoms. The highest BCUT2D eigenvalue weighted by Crippen LogP contribution is 2.32. The summed E-state index contributed by atoms with van der Waals surface area (Å²) in [6.45, 7) is 1.51. The number of fused-ring (bicyclic) bond motifs is 2. The van der Waals surface area contributed by atoms with Crippen LogP contribution in [0.4, 0.5) is 5.69 Å². The monoisotopic (exact) mass is 333 g/mol. The van der Waals surface area contributed by atoms with Crippen molar-refractivity contribution in [1.29, 1.82) is 0 Å². The van der Waals surface area contributed by atoms with Gasteiger partial charge in [0.15, 0.2) is 0 Å². The Morgan fingerprint density at radius 3 is 2.80 bits per heavy atom. The van der Waals surface area contributed by atoms with Crippen LogP contribution in [0.1, 0.15) is 30.4 Å². The van der Waals surface area contributed by atoms with Crippen molar-refractivity contribution in [1.82, 2.24) is 10.2 Å². The first kappa shape index (κ1) is 15.9. The number of hydrogen-bond donors (Lipinski definition) is 1. The van der Waals surface area contributed by atoms with Gasteiger partial charge in [0.25, 0.3) is 0 Å². The number of benzene rings is 2. The first-order valence-electron chi connectivity index (χ1n) is 9.05. The summed E-state index contributed by atoms with van der Waals surface area (Å²) < 4.78 is 0. The topological polar surface area (TPSA) is 44.7 Å². The van der Waals surface area contributed by atoms with Crippen molar-refractivity contribution in [3.8, 4) is 0 Å². The zero-order valence-electron chi connectivity index (χ0n) is 14.3. The fourth-order valence-corrected chi connectivity index (χ4v) is 3.68. The second-order valence-corrected chi connectivity index (χ2v) is 6.72. The van der Waals surface area contributed by atoms with Gasteiger partial charge in [0.05, 0.1) is 5.69 Å². The van der Waals surface area contributed by atoms with Gasteiger partial charge in [0.1, 0.15) is 11.9 Å². The molecule has 1 amide bonds. The van der Waals surface area contributed by atoms with Crippen molar-refractivity contribution >= 4 is 17.4 Å². The Labute approximate surface area is 148 Å². The third-order valence-corrected chi connectivity index (χ3v) is 5.02. The lowest BCUT2D eigenvalue weighted by molar-refractivity contribution is -0.124. The predicted molar refractivity (Wildman–Crippen MR) is 99.9 cm³/mol. The molecule has 4 nitrogen and oxygen atoms in total. The lowest BCUT2D eigenvalue weighted by atomic mass is 10.1. The molecule has 2 aromatic carbocycles. The minimum absolute atomic E-state index is 0.0798. The summed E-state index contributed by atoms with van der Waals surface area (Å²) >= 11 is 0. The minimum Gasteiger partial charge on any atom is -0.354 e. The Morgan fingerprint density at radius 2 is 1.92 bits per heavy atom. The van der Waals surface area contributed by atoms with Gasteiger partial charge in [-0.15, -0.1) is 0 Å². The number of aryl methyl sites for hydroxylation is 1. The van der Waals surface area contributed by atoms with Crippen molar-refractivity contribution in [2.75, 3.05) is 6.54 Å². The largest absolute Gasteiger partial charge is 0.354 e. The van der Waals surface area contributed by atoms with Gasteiger partial charge in [0.2, 0.25) is 5.91 Å². The molecule has 2 aromatic rings. The van der Waals surface area contributed by atoms with Crippen LogP contribution >= 0.6 is 0 Å². The Kier molecular flexibility index (Phi) is 4.51. The molecule has 1 atom stereocenters. The zero-order valence-corrected chi connectivity index (χ0v) is 14.3. The SMILES string of the molecule is O=C(NCCCc1ccccc1)[C@H]1CCC2=Nc3ccccc3CN21. The van der Waals surface area contributed by atoms with Crippen LogP contribution in [-0.4, -0.2) is 29.2 Å². The average molecular weight is 333 g/mol. The van der Waals surface area contributed by atoms with Gasteiger partial charge in [-0.05, 0) is 36.5 Å². The zero-order chi connectivity index (χ0) is 17.1. The molecule has 2 aliphatic heterocycles. The van der Waals surface area contributed by atoms with Crippen LogP contribution in [-0.2, 0) is 17.8 Å². The lowest BCUT2D eigenvalue weighted by Crippen LogP contribution is -2.45. The Morgan fingerprint density at radius 1 is 1.12 bits per heavy atom. The van der Waals surface area contributed by atoms with E-state index in [1.165, 1.54) is 11.1 Å². The molecule has 0 aliphatic carbocycles. The molecule has 0 radical (unpaired) electrons. The Bertz CT molecular complexity index is 785. The quantitative estimate of drug-likeness (QED) is 0.852. The second kappa shape index (κ2) is 7.09. The van der Waals surface area contributed by atoms with Crippen LogP contribution in [0.3, 0.4) is 0 Å². The summed E-state index contributed by atoms with van der Waals surface area (Å²) in [6, 6.07) is 18.5. The standard InChI is InChI=1S/C21H23N3O/c25-21(22-14-6-9-16-7-2-1-3-8-16)19-12-13-20-23-18-11-5-4-10-17(18)15-24(19)20/h1-5,7-8,10-11,19H,6,9,12-15H2,(H,22,25)/t19-/m1/s1. The van der Waals surface area contributed by atoms with Crippen molar-refractivity contribution in [3.63, 3.8) is 0 Å². The van der Waals surface area contributed by atoms with E-state index in [0.29, 0.717) is 0 Å². The molecule has 0 spiro atoms. The highest BCUT2D eigenvalue weighted by atomic mass is 16.2. The maximum absolute atomic E-state index is 12.6. The van der Waals surface area contributed by atoms with Crippen molar-refractivity contribution in [3.05, 3.63) is 65.7 Å². The number of nitrogens with one attached hydrogen (secondary N) is 1. The number of carbonyl (C=O) groups is 1. The van der Waals surface area contributed by atoms with E-state index in [1.54, 1.807) is 0 Å². The predicted octanol–water partition coefficient (Wildman–Crippen LogP) is 3.44. The number of rotatable bonds is 5. The van der Waals surface area contributed by atoms with E-state index >= 15 is 0 Å². The number of amidine groups is 1. The number of para-hydroxylation sites is 1. The van der Waals surface area contributed by atoms with Crippen molar-refractivity contribution in [2.24, 2.45) is 4.99 Å². The molecule has 2 heterocycles. The van der Waals surface area contributed by atoms with E-state index in [1.807, 2.05) is 18.2 Å². The van der Waals surface area contributed by atoms with E-state index in [-0.39, 0.29) is 11.9 Å². The summed E-state index contributed by atoms with van der Waals surface area (Å²) in [4.78, 5) is 19.5. The lowest BCUT2D eigenvalue weighted by Gasteiger charge is -2.29. The molecule has 1 N–H and O–H groups in total. The van der Waals surface area contributed by atoms with Crippen LogP contribution in [0.25, 0.3) is 0 Å². The number of aliphatic imine (C=N–C) groups is 1. The minimum atomic E-state index is -0.0798. The summed E-state index contributed by atoms with van der Waals surface area (Å²) in [5.74, 6) is 1.20. The summed E-state index contributed by atoms with van der Waals surface area (Å²) in [5, 5.41) is 3.12. The first-order valence-corrected chi connectivity index (χ1v) is 9.05. The highest BCUT2D eigenvalue weighted by Gasteiger charge is 2.36. The first-order chi connectivity index (χ1) is 12.3. The molecule has 0 saturated carbocycles. The summed E-state index contributed by atoms with van der Waals surface area (Å²) in [7, 11) is 0. The molecule has 0 bridgehead atoms. The summed E-state index contributed by atoms with van der Waals surface area (Å²) in [6.07, 6.45) is 3.70. The number of amides is 1. The average Bonchev–Trinajstić information content (AvgIpc) is 3.07. The second-order valence-electron chi connectivity index (χ2n) is 6.72. The molecule has 128 valence electrons. The highest BCUT2D eigenvalue weighted by molar-refractivity contribution is 5.95. The van der Waals surface area contributed by atoms with Crippen molar-refractivity contribution in [2.45, 2.75) is 38.3 Å². The molecular formula is C21H23N3O. The van der Waals surface area contributed by atoms with Gasteiger partial charge in [-0.1, -0.05) is 48.5 Å². The maximum atomic E-state index is 12.6. The Hall–Kier alpha value is -2.62. The maximum Gasteiger partial charge on any atom is 0.242 e.